The summed E-state index contributed by atoms with van der Waals surface area (Å²) in [5, 5.41) is 9.66. The first-order valence-corrected chi connectivity index (χ1v) is 7.32. The fraction of sp³-hybridized carbons (Fsp3) is 0.529. The Morgan fingerprint density at radius 2 is 2.26 bits per heavy atom. The van der Waals surface area contributed by atoms with Gasteiger partial charge in [0.1, 0.15) is 5.75 Å². The molecule has 1 aromatic carbocycles. The van der Waals surface area contributed by atoms with Crippen molar-refractivity contribution in [2.45, 2.75) is 45.1 Å². The third-order valence-corrected chi connectivity index (χ3v) is 4.60. The highest BCUT2D eigenvalue weighted by Crippen LogP contribution is 2.40. The van der Waals surface area contributed by atoms with Gasteiger partial charge in [-0.3, -0.25) is 4.90 Å². The topological polar surface area (TPSA) is 23.5 Å². The van der Waals surface area contributed by atoms with Crippen LogP contribution in [0.1, 0.15) is 43.7 Å². The Hall–Kier alpha value is -1.28. The maximum Gasteiger partial charge on any atom is 0.115 e. The molecule has 1 aliphatic carbocycles. The number of benzene rings is 1. The summed E-state index contributed by atoms with van der Waals surface area (Å²) < 4.78 is 0. The fourth-order valence-corrected chi connectivity index (χ4v) is 3.54. The molecule has 2 nitrogen and oxygen atoms in total. The van der Waals surface area contributed by atoms with E-state index in [-0.39, 0.29) is 0 Å². The molecule has 2 bridgehead atoms. The molecule has 0 saturated carbocycles. The molecule has 0 amide bonds. The quantitative estimate of drug-likeness (QED) is 0.820. The lowest BCUT2D eigenvalue weighted by atomic mass is 9.75. The summed E-state index contributed by atoms with van der Waals surface area (Å²) in [5.74, 6) is 1.08. The fourth-order valence-electron chi connectivity index (χ4n) is 3.54. The second-order valence-corrected chi connectivity index (χ2v) is 6.24. The summed E-state index contributed by atoms with van der Waals surface area (Å²) in [6.45, 7) is 6.62. The van der Waals surface area contributed by atoms with Crippen molar-refractivity contribution in [3.8, 4) is 5.75 Å². The van der Waals surface area contributed by atoms with E-state index in [0.29, 0.717) is 17.7 Å². The Morgan fingerprint density at radius 3 is 3.05 bits per heavy atom. The van der Waals surface area contributed by atoms with Crippen LogP contribution in [0.2, 0.25) is 0 Å². The predicted octanol–water partition coefficient (Wildman–Crippen LogP) is 3.46. The number of phenols is 1. The Morgan fingerprint density at radius 1 is 1.42 bits per heavy atom. The van der Waals surface area contributed by atoms with Crippen LogP contribution in [-0.4, -0.2) is 29.1 Å². The molecule has 2 atom stereocenters. The van der Waals surface area contributed by atoms with Crippen molar-refractivity contribution in [3.63, 3.8) is 0 Å². The second-order valence-electron chi connectivity index (χ2n) is 6.24. The molecular weight excluding hydrogens is 234 g/mol. The van der Waals surface area contributed by atoms with E-state index in [1.165, 1.54) is 36.1 Å². The minimum atomic E-state index is 0.421. The van der Waals surface area contributed by atoms with Crippen LogP contribution >= 0.6 is 0 Å². The van der Waals surface area contributed by atoms with E-state index < -0.39 is 0 Å². The summed E-state index contributed by atoms with van der Waals surface area (Å²) in [4.78, 5) is 2.62. The molecule has 1 heterocycles. The number of piperidine rings is 1. The number of rotatable bonds is 2. The first-order chi connectivity index (χ1) is 9.13. The molecule has 0 spiro atoms. The molecule has 1 fully saturated rings. The van der Waals surface area contributed by atoms with Crippen LogP contribution in [0.4, 0.5) is 0 Å². The molecule has 1 saturated heterocycles. The number of hydrogen-bond acceptors (Lipinski definition) is 2. The van der Waals surface area contributed by atoms with Gasteiger partial charge in [-0.15, -0.1) is 0 Å². The molecular formula is C17H23NO. The lowest BCUT2D eigenvalue weighted by molar-refractivity contribution is 0.138. The van der Waals surface area contributed by atoms with Gasteiger partial charge in [-0.2, -0.15) is 0 Å². The van der Waals surface area contributed by atoms with Crippen molar-refractivity contribution in [1.29, 1.82) is 0 Å². The van der Waals surface area contributed by atoms with Crippen molar-refractivity contribution in [3.05, 3.63) is 41.0 Å². The van der Waals surface area contributed by atoms with Gasteiger partial charge in [0, 0.05) is 12.6 Å². The first-order valence-electron chi connectivity index (χ1n) is 7.32. The minimum Gasteiger partial charge on any atom is -0.508 e. The van der Waals surface area contributed by atoms with Gasteiger partial charge in [-0.1, -0.05) is 17.7 Å². The van der Waals surface area contributed by atoms with Gasteiger partial charge in [0.15, 0.2) is 0 Å². The standard InChI is InChI=1S/C17H23NO/c1-12(2)5-7-18-8-6-14-10-15(18)9-13-3-4-16(19)11-17(13)14/h3-5,11,14-15,19H,6-10H2,1-2H3/t14-,15-/m1/s1. The van der Waals surface area contributed by atoms with Crippen molar-refractivity contribution in [1.82, 2.24) is 4.90 Å². The Labute approximate surface area is 115 Å². The number of hydrogen-bond donors (Lipinski definition) is 1. The van der Waals surface area contributed by atoms with Gasteiger partial charge < -0.3 is 5.11 Å². The molecule has 3 rings (SSSR count). The third-order valence-electron chi connectivity index (χ3n) is 4.60. The average Bonchev–Trinajstić information content (AvgIpc) is 2.39. The third kappa shape index (κ3) is 2.55. The molecule has 1 N–H and O–H groups in total. The zero-order valence-electron chi connectivity index (χ0n) is 11.9. The summed E-state index contributed by atoms with van der Waals surface area (Å²) >= 11 is 0. The van der Waals surface area contributed by atoms with Gasteiger partial charge in [-0.25, -0.2) is 0 Å². The maximum absolute atomic E-state index is 9.66. The Bertz CT molecular complexity index is 502. The van der Waals surface area contributed by atoms with E-state index in [1.807, 2.05) is 12.1 Å². The van der Waals surface area contributed by atoms with Crippen LogP contribution in [0.15, 0.2) is 29.8 Å². The summed E-state index contributed by atoms with van der Waals surface area (Å²) in [6.07, 6.45) is 5.96. The molecule has 2 heteroatoms. The van der Waals surface area contributed by atoms with Crippen LogP contribution in [0.5, 0.6) is 5.75 Å². The first kappa shape index (κ1) is 12.7. The van der Waals surface area contributed by atoms with Crippen LogP contribution in [-0.2, 0) is 6.42 Å². The average molecular weight is 257 g/mol. The summed E-state index contributed by atoms with van der Waals surface area (Å²) in [7, 11) is 0. The van der Waals surface area contributed by atoms with Crippen molar-refractivity contribution in [2.75, 3.05) is 13.1 Å². The number of likely N-dealkylation sites (tertiary alicyclic amines) is 1. The molecule has 2 aliphatic rings. The van der Waals surface area contributed by atoms with Gasteiger partial charge in [0.25, 0.3) is 0 Å². The molecule has 0 unspecified atom stereocenters. The SMILES string of the molecule is CC(C)=CCN1CC[C@@H]2C[C@H]1Cc1ccc(O)cc12. The van der Waals surface area contributed by atoms with E-state index >= 15 is 0 Å². The summed E-state index contributed by atoms with van der Waals surface area (Å²) in [5.41, 5.74) is 4.25. The normalized spacial score (nSPS) is 25.8. The zero-order chi connectivity index (χ0) is 13.4. The number of nitrogens with zero attached hydrogens (tertiary/aromatic N) is 1. The van der Waals surface area contributed by atoms with E-state index in [2.05, 4.69) is 30.9 Å². The number of fused-ring (bicyclic) bond motifs is 4. The van der Waals surface area contributed by atoms with Gasteiger partial charge in [0.05, 0.1) is 0 Å². The van der Waals surface area contributed by atoms with Gasteiger partial charge >= 0.3 is 0 Å². The number of allylic oxidation sites excluding steroid dienone is 1. The Balaban J connectivity index is 1.81. The van der Waals surface area contributed by atoms with Crippen LogP contribution in [0, 0.1) is 0 Å². The molecule has 0 aromatic heterocycles. The number of phenolic OH excluding ortho intramolecular Hbond substituents is 1. The monoisotopic (exact) mass is 257 g/mol. The lowest BCUT2D eigenvalue weighted by Gasteiger charge is -2.43. The molecule has 1 aromatic rings. The minimum absolute atomic E-state index is 0.421. The Kier molecular flexibility index (Phi) is 3.36. The summed E-state index contributed by atoms with van der Waals surface area (Å²) in [6, 6.07) is 6.63. The highest BCUT2D eigenvalue weighted by Gasteiger charge is 2.34. The maximum atomic E-state index is 9.66. The van der Waals surface area contributed by atoms with Crippen LogP contribution < -0.4 is 0 Å². The van der Waals surface area contributed by atoms with Crippen molar-refractivity contribution >= 4 is 0 Å². The molecule has 102 valence electrons. The van der Waals surface area contributed by atoms with E-state index in [4.69, 9.17) is 0 Å². The van der Waals surface area contributed by atoms with Gasteiger partial charge in [0.2, 0.25) is 0 Å². The van der Waals surface area contributed by atoms with E-state index in [0.717, 1.165) is 13.0 Å². The molecule has 1 aliphatic heterocycles. The predicted molar refractivity (Wildman–Crippen MR) is 78.6 cm³/mol. The van der Waals surface area contributed by atoms with Crippen molar-refractivity contribution in [2.24, 2.45) is 0 Å². The highest BCUT2D eigenvalue weighted by molar-refractivity contribution is 5.40. The number of aromatic hydroxyl groups is 1. The van der Waals surface area contributed by atoms with E-state index in [1.54, 1.807) is 0 Å². The molecule has 19 heavy (non-hydrogen) atoms. The van der Waals surface area contributed by atoms with E-state index in [9.17, 15) is 5.11 Å². The van der Waals surface area contributed by atoms with Crippen molar-refractivity contribution < 1.29 is 5.11 Å². The largest absolute Gasteiger partial charge is 0.508 e. The molecule has 0 radical (unpaired) electrons. The zero-order valence-corrected chi connectivity index (χ0v) is 11.9. The van der Waals surface area contributed by atoms with Crippen LogP contribution in [0.3, 0.4) is 0 Å². The highest BCUT2D eigenvalue weighted by atomic mass is 16.3. The van der Waals surface area contributed by atoms with Gasteiger partial charge in [-0.05, 0) is 68.8 Å². The second kappa shape index (κ2) is 5.01. The lowest BCUT2D eigenvalue weighted by Crippen LogP contribution is -2.45. The van der Waals surface area contributed by atoms with Crippen LogP contribution in [0.25, 0.3) is 0 Å². The smallest absolute Gasteiger partial charge is 0.115 e.